The quantitative estimate of drug-likeness (QED) is 0.540. The SMILES string of the molecule is CCN(CC)c1ccc2c(c1)Oc1ccc(C(C)C(=O)O)cc1C21OC(=O)c2ccccc21. The predicted octanol–water partition coefficient (Wildman–Crippen LogP) is 5.29. The van der Waals surface area contributed by atoms with Crippen LogP contribution in [0.4, 0.5) is 5.69 Å². The minimum absolute atomic E-state index is 0.408. The molecule has 168 valence electrons. The molecule has 0 aromatic heterocycles. The summed E-state index contributed by atoms with van der Waals surface area (Å²) in [6, 6.07) is 18.6. The lowest BCUT2D eigenvalue weighted by atomic mass is 9.76. The zero-order valence-corrected chi connectivity index (χ0v) is 18.8. The van der Waals surface area contributed by atoms with Gasteiger partial charge in [0, 0.05) is 41.5 Å². The van der Waals surface area contributed by atoms with Crippen LogP contribution >= 0.6 is 0 Å². The van der Waals surface area contributed by atoms with Gasteiger partial charge in [0.2, 0.25) is 0 Å². The van der Waals surface area contributed by atoms with E-state index >= 15 is 0 Å². The summed E-state index contributed by atoms with van der Waals surface area (Å²) in [6.45, 7) is 7.54. The summed E-state index contributed by atoms with van der Waals surface area (Å²) < 4.78 is 12.5. The molecule has 0 fully saturated rings. The van der Waals surface area contributed by atoms with E-state index < -0.39 is 23.5 Å². The van der Waals surface area contributed by atoms with Crippen molar-refractivity contribution in [1.82, 2.24) is 0 Å². The molecule has 2 heterocycles. The maximum Gasteiger partial charge on any atom is 0.340 e. The fourth-order valence-electron chi connectivity index (χ4n) is 4.88. The Morgan fingerprint density at radius 3 is 2.45 bits per heavy atom. The second-order valence-electron chi connectivity index (χ2n) is 8.39. The van der Waals surface area contributed by atoms with E-state index in [2.05, 4.69) is 18.7 Å². The molecule has 0 bridgehead atoms. The van der Waals surface area contributed by atoms with E-state index in [4.69, 9.17) is 9.47 Å². The van der Waals surface area contributed by atoms with Crippen LogP contribution in [-0.4, -0.2) is 30.1 Å². The number of carbonyl (C=O) groups is 2. The molecule has 33 heavy (non-hydrogen) atoms. The summed E-state index contributed by atoms with van der Waals surface area (Å²) in [5, 5.41) is 9.56. The first-order valence-corrected chi connectivity index (χ1v) is 11.2. The molecule has 3 aromatic rings. The number of fused-ring (bicyclic) bond motifs is 6. The molecular weight excluding hydrogens is 418 g/mol. The first-order valence-electron chi connectivity index (χ1n) is 11.2. The summed E-state index contributed by atoms with van der Waals surface area (Å²) in [5.41, 5.74) is 3.03. The summed E-state index contributed by atoms with van der Waals surface area (Å²) in [7, 11) is 0. The second-order valence-corrected chi connectivity index (χ2v) is 8.39. The highest BCUT2D eigenvalue weighted by Gasteiger charge is 2.53. The van der Waals surface area contributed by atoms with E-state index in [9.17, 15) is 14.7 Å². The highest BCUT2D eigenvalue weighted by atomic mass is 16.6. The van der Waals surface area contributed by atoms with Crippen LogP contribution in [0.5, 0.6) is 11.5 Å². The molecule has 0 saturated heterocycles. The minimum Gasteiger partial charge on any atom is -0.481 e. The lowest BCUT2D eigenvalue weighted by Crippen LogP contribution is -2.33. The first kappa shape index (κ1) is 21.1. The number of rotatable bonds is 5. The second kappa shape index (κ2) is 7.66. The molecule has 2 atom stereocenters. The number of hydrogen-bond acceptors (Lipinski definition) is 5. The minimum atomic E-state index is -1.20. The Balaban J connectivity index is 1.79. The van der Waals surface area contributed by atoms with Crippen molar-refractivity contribution < 1.29 is 24.2 Å². The largest absolute Gasteiger partial charge is 0.481 e. The Hall–Kier alpha value is -3.80. The normalized spacial score (nSPS) is 18.6. The van der Waals surface area contributed by atoms with Gasteiger partial charge >= 0.3 is 11.9 Å². The van der Waals surface area contributed by atoms with Crippen LogP contribution in [0, 0.1) is 0 Å². The smallest absolute Gasteiger partial charge is 0.340 e. The third-order valence-corrected chi connectivity index (χ3v) is 6.72. The molecule has 0 amide bonds. The molecule has 0 radical (unpaired) electrons. The molecule has 2 unspecified atom stereocenters. The number of aliphatic carboxylic acids is 1. The average Bonchev–Trinajstić information content (AvgIpc) is 3.12. The van der Waals surface area contributed by atoms with E-state index in [1.54, 1.807) is 31.2 Å². The highest BCUT2D eigenvalue weighted by molar-refractivity contribution is 5.97. The molecule has 0 saturated carbocycles. The fourth-order valence-corrected chi connectivity index (χ4v) is 4.88. The third kappa shape index (κ3) is 3.01. The van der Waals surface area contributed by atoms with Gasteiger partial charge in [-0.15, -0.1) is 0 Å². The molecule has 5 rings (SSSR count). The van der Waals surface area contributed by atoms with Crippen LogP contribution in [0.1, 0.15) is 59.3 Å². The zero-order valence-electron chi connectivity index (χ0n) is 18.8. The van der Waals surface area contributed by atoms with Crippen molar-refractivity contribution in [3.63, 3.8) is 0 Å². The summed E-state index contributed by atoms with van der Waals surface area (Å²) in [6.07, 6.45) is 0. The van der Waals surface area contributed by atoms with Gasteiger partial charge in [0.05, 0.1) is 11.5 Å². The monoisotopic (exact) mass is 443 g/mol. The van der Waals surface area contributed by atoms with Crippen molar-refractivity contribution in [3.8, 4) is 11.5 Å². The van der Waals surface area contributed by atoms with Crippen LogP contribution < -0.4 is 9.64 Å². The van der Waals surface area contributed by atoms with Gasteiger partial charge in [-0.1, -0.05) is 24.3 Å². The Kier molecular flexibility index (Phi) is 4.89. The number of carboxylic acid groups (broad SMARTS) is 1. The molecule has 2 aliphatic heterocycles. The van der Waals surface area contributed by atoms with Gasteiger partial charge in [0.1, 0.15) is 11.5 Å². The van der Waals surface area contributed by atoms with Crippen LogP contribution in [-0.2, 0) is 15.1 Å². The summed E-state index contributed by atoms with van der Waals surface area (Å²) >= 11 is 0. The van der Waals surface area contributed by atoms with Gasteiger partial charge in [-0.25, -0.2) is 4.79 Å². The molecule has 6 nitrogen and oxygen atoms in total. The van der Waals surface area contributed by atoms with Crippen molar-refractivity contribution >= 4 is 17.6 Å². The maximum atomic E-state index is 13.0. The van der Waals surface area contributed by atoms with Gasteiger partial charge in [0.25, 0.3) is 0 Å². The molecule has 0 aliphatic carbocycles. The number of nitrogens with zero attached hydrogens (tertiary/aromatic N) is 1. The fraction of sp³-hybridized carbons (Fsp3) is 0.259. The summed E-state index contributed by atoms with van der Waals surface area (Å²) in [5.74, 6) is -0.880. The van der Waals surface area contributed by atoms with Crippen molar-refractivity contribution in [2.45, 2.75) is 32.3 Å². The van der Waals surface area contributed by atoms with Crippen molar-refractivity contribution in [3.05, 3.63) is 88.5 Å². The number of ether oxygens (including phenoxy) is 2. The Bertz CT molecular complexity index is 1280. The van der Waals surface area contributed by atoms with Crippen molar-refractivity contribution in [1.29, 1.82) is 0 Å². The van der Waals surface area contributed by atoms with Gasteiger partial charge < -0.3 is 19.5 Å². The van der Waals surface area contributed by atoms with E-state index in [0.29, 0.717) is 28.2 Å². The van der Waals surface area contributed by atoms with Crippen LogP contribution in [0.2, 0.25) is 0 Å². The first-order chi connectivity index (χ1) is 15.9. The van der Waals surface area contributed by atoms with E-state index in [1.807, 2.05) is 36.4 Å². The number of carboxylic acids is 1. The number of carbonyl (C=O) groups excluding carboxylic acids is 1. The Morgan fingerprint density at radius 1 is 0.970 bits per heavy atom. The standard InChI is InChI=1S/C27H25NO5/c1-4-28(5-2)18-11-12-21-24(15-18)32-23-13-10-17(16(3)25(29)30)14-22(23)27(21)20-9-7-6-8-19(20)26(31)33-27/h6-16H,4-5H2,1-3H3,(H,29,30). The predicted molar refractivity (Wildman–Crippen MR) is 124 cm³/mol. The topological polar surface area (TPSA) is 76.1 Å². The van der Waals surface area contributed by atoms with Gasteiger partial charge in [-0.2, -0.15) is 0 Å². The van der Waals surface area contributed by atoms with Gasteiger partial charge in [-0.05, 0) is 56.7 Å². The number of anilines is 1. The van der Waals surface area contributed by atoms with Crippen molar-refractivity contribution in [2.24, 2.45) is 0 Å². The molecular formula is C27H25NO5. The number of benzene rings is 3. The summed E-state index contributed by atoms with van der Waals surface area (Å²) in [4.78, 5) is 26.9. The molecule has 3 aromatic carbocycles. The molecule has 1 spiro atoms. The molecule has 6 heteroatoms. The molecule has 2 aliphatic rings. The van der Waals surface area contributed by atoms with Crippen molar-refractivity contribution in [2.75, 3.05) is 18.0 Å². The average molecular weight is 443 g/mol. The van der Waals surface area contributed by atoms with Crippen LogP contribution in [0.25, 0.3) is 0 Å². The van der Waals surface area contributed by atoms with Crippen LogP contribution in [0.3, 0.4) is 0 Å². The third-order valence-electron chi connectivity index (χ3n) is 6.72. The van der Waals surface area contributed by atoms with E-state index in [-0.39, 0.29) is 0 Å². The highest BCUT2D eigenvalue weighted by Crippen LogP contribution is 2.56. The Morgan fingerprint density at radius 2 is 1.73 bits per heavy atom. The molecule has 1 N–H and O–H groups in total. The van der Waals surface area contributed by atoms with Crippen LogP contribution in [0.15, 0.2) is 60.7 Å². The number of hydrogen-bond donors (Lipinski definition) is 1. The van der Waals surface area contributed by atoms with Gasteiger partial charge in [0.15, 0.2) is 5.60 Å². The lowest BCUT2D eigenvalue weighted by molar-refractivity contribution is -0.138. The number of esters is 1. The maximum absolute atomic E-state index is 13.0. The zero-order chi connectivity index (χ0) is 23.3. The van der Waals surface area contributed by atoms with E-state index in [0.717, 1.165) is 29.9 Å². The lowest BCUT2D eigenvalue weighted by Gasteiger charge is -2.37. The van der Waals surface area contributed by atoms with E-state index in [1.165, 1.54) is 0 Å². The Labute approximate surface area is 192 Å². The van der Waals surface area contributed by atoms with Gasteiger partial charge in [-0.3, -0.25) is 4.79 Å².